The van der Waals surface area contributed by atoms with Crippen LogP contribution in [0, 0.1) is 5.92 Å². The number of carbonyl (C=O) groups excluding carboxylic acids is 1. The molecule has 1 amide bonds. The number of aromatic hydroxyl groups is 1. The van der Waals surface area contributed by atoms with E-state index in [2.05, 4.69) is 10.5 Å². The highest BCUT2D eigenvalue weighted by molar-refractivity contribution is 5.97. The summed E-state index contributed by atoms with van der Waals surface area (Å²) in [7, 11) is 0. The monoisotopic (exact) mass is 254 g/mol. The molecule has 1 fully saturated rings. The fourth-order valence-electron chi connectivity index (χ4n) is 1.98. The van der Waals surface area contributed by atoms with Gasteiger partial charge in [0.1, 0.15) is 5.75 Å². The summed E-state index contributed by atoms with van der Waals surface area (Å²) in [6.07, 6.45) is 3.37. The quantitative estimate of drug-likeness (QED) is 0.652. The first-order valence-electron chi connectivity index (χ1n) is 6.29. The molecule has 1 aliphatic rings. The van der Waals surface area contributed by atoms with Crippen LogP contribution in [0.5, 0.6) is 5.75 Å². The smallest absolute Gasteiger partial charge is 0.243 e. The van der Waals surface area contributed by atoms with Gasteiger partial charge in [-0.3, -0.25) is 4.79 Å². The second kappa shape index (κ2) is 4.72. The van der Waals surface area contributed by atoms with Crippen molar-refractivity contribution in [3.05, 3.63) is 42.0 Å². The third-order valence-corrected chi connectivity index (χ3v) is 3.26. The van der Waals surface area contributed by atoms with Crippen molar-refractivity contribution in [1.82, 2.24) is 5.43 Å². The summed E-state index contributed by atoms with van der Waals surface area (Å²) >= 11 is 0. The molecule has 2 N–H and O–H groups in total. The normalized spacial score (nSPS) is 14.9. The lowest BCUT2D eigenvalue weighted by Gasteiger charge is -2.04. The number of hydrazone groups is 1. The van der Waals surface area contributed by atoms with Gasteiger partial charge in [-0.1, -0.05) is 30.3 Å². The Bertz CT molecular complexity index is 660. The van der Waals surface area contributed by atoms with Gasteiger partial charge < -0.3 is 5.11 Å². The fourth-order valence-corrected chi connectivity index (χ4v) is 1.98. The van der Waals surface area contributed by atoms with E-state index in [4.69, 9.17) is 0 Å². The molecular formula is C15H14N2O2. The number of phenols is 1. The predicted octanol–water partition coefficient (Wildman–Crippen LogP) is 2.41. The number of hydrogen-bond acceptors (Lipinski definition) is 3. The predicted molar refractivity (Wildman–Crippen MR) is 74.1 cm³/mol. The maximum atomic E-state index is 11.4. The van der Waals surface area contributed by atoms with Crippen molar-refractivity contribution in [3.63, 3.8) is 0 Å². The lowest BCUT2D eigenvalue weighted by molar-refractivity contribution is -0.122. The molecule has 96 valence electrons. The van der Waals surface area contributed by atoms with Crippen LogP contribution in [0.15, 0.2) is 41.5 Å². The van der Waals surface area contributed by atoms with Gasteiger partial charge in [0.2, 0.25) is 5.91 Å². The topological polar surface area (TPSA) is 61.7 Å². The molecule has 3 rings (SSSR count). The Morgan fingerprint density at radius 1 is 1.26 bits per heavy atom. The lowest BCUT2D eigenvalue weighted by Crippen LogP contribution is -2.18. The molecular weight excluding hydrogens is 240 g/mol. The molecule has 4 nitrogen and oxygen atoms in total. The van der Waals surface area contributed by atoms with Crippen molar-refractivity contribution in [3.8, 4) is 5.75 Å². The van der Waals surface area contributed by atoms with Gasteiger partial charge in [-0.25, -0.2) is 5.43 Å². The number of carbonyl (C=O) groups is 1. The zero-order valence-corrected chi connectivity index (χ0v) is 10.3. The second-order valence-electron chi connectivity index (χ2n) is 4.73. The van der Waals surface area contributed by atoms with Gasteiger partial charge in [0.25, 0.3) is 0 Å². The number of fused-ring (bicyclic) bond motifs is 1. The first-order chi connectivity index (χ1) is 9.25. The standard InChI is InChI=1S/C15H14N2O2/c18-14-12(9-16-17-15(19)11-6-7-11)8-5-10-3-1-2-4-13(10)14/h1-5,8-9,11,18H,6-7H2,(H,17,19). The summed E-state index contributed by atoms with van der Waals surface area (Å²) in [5.74, 6) is 0.265. The van der Waals surface area contributed by atoms with Gasteiger partial charge in [-0.15, -0.1) is 0 Å². The minimum Gasteiger partial charge on any atom is -0.507 e. The van der Waals surface area contributed by atoms with Crippen LogP contribution in [0.1, 0.15) is 18.4 Å². The molecule has 0 aromatic heterocycles. The van der Waals surface area contributed by atoms with E-state index in [0.717, 1.165) is 23.6 Å². The molecule has 0 unspecified atom stereocenters. The van der Waals surface area contributed by atoms with E-state index in [1.165, 1.54) is 6.21 Å². The van der Waals surface area contributed by atoms with Crippen LogP contribution in [0.2, 0.25) is 0 Å². The molecule has 2 aromatic rings. The SMILES string of the molecule is O=C(NN=Cc1ccc2ccccc2c1O)C1CC1. The van der Waals surface area contributed by atoms with Gasteiger partial charge in [0.05, 0.1) is 6.21 Å². The molecule has 0 bridgehead atoms. The van der Waals surface area contributed by atoms with E-state index in [1.54, 1.807) is 6.07 Å². The maximum absolute atomic E-state index is 11.4. The van der Waals surface area contributed by atoms with Crippen molar-refractivity contribution in [1.29, 1.82) is 0 Å². The number of benzene rings is 2. The molecule has 0 heterocycles. The highest BCUT2D eigenvalue weighted by Crippen LogP contribution is 2.29. The summed E-state index contributed by atoms with van der Waals surface area (Å²) in [6.45, 7) is 0. The molecule has 0 spiro atoms. The van der Waals surface area contributed by atoms with Gasteiger partial charge in [0.15, 0.2) is 0 Å². The number of nitrogens with zero attached hydrogens (tertiary/aromatic N) is 1. The van der Waals surface area contributed by atoms with Crippen LogP contribution >= 0.6 is 0 Å². The van der Waals surface area contributed by atoms with Crippen LogP contribution in [0.25, 0.3) is 10.8 Å². The Labute approximate surface area is 110 Å². The number of hydrogen-bond donors (Lipinski definition) is 2. The highest BCUT2D eigenvalue weighted by atomic mass is 16.3. The largest absolute Gasteiger partial charge is 0.507 e. The van der Waals surface area contributed by atoms with E-state index in [9.17, 15) is 9.90 Å². The van der Waals surface area contributed by atoms with Crippen LogP contribution in [-0.2, 0) is 4.79 Å². The number of phenolic OH excluding ortho intramolecular Hbond substituents is 1. The summed E-state index contributed by atoms with van der Waals surface area (Å²) < 4.78 is 0. The number of rotatable bonds is 3. The minimum absolute atomic E-state index is 0.0449. The van der Waals surface area contributed by atoms with E-state index < -0.39 is 0 Å². The molecule has 0 aliphatic heterocycles. The second-order valence-corrected chi connectivity index (χ2v) is 4.73. The maximum Gasteiger partial charge on any atom is 0.243 e. The Balaban J connectivity index is 1.82. The van der Waals surface area contributed by atoms with Crippen molar-refractivity contribution in [2.75, 3.05) is 0 Å². The fraction of sp³-hybridized carbons (Fsp3) is 0.200. The molecule has 19 heavy (non-hydrogen) atoms. The van der Waals surface area contributed by atoms with Crippen molar-refractivity contribution in [2.24, 2.45) is 11.0 Å². The van der Waals surface area contributed by atoms with Crippen molar-refractivity contribution >= 4 is 22.9 Å². The van der Waals surface area contributed by atoms with Gasteiger partial charge in [-0.05, 0) is 24.3 Å². The Kier molecular flexibility index (Phi) is 2.91. The number of amides is 1. The van der Waals surface area contributed by atoms with E-state index in [1.807, 2.05) is 30.3 Å². The zero-order chi connectivity index (χ0) is 13.2. The average Bonchev–Trinajstić information content (AvgIpc) is 3.26. The molecule has 2 aromatic carbocycles. The van der Waals surface area contributed by atoms with Crippen LogP contribution in [0.3, 0.4) is 0 Å². The Morgan fingerprint density at radius 3 is 2.84 bits per heavy atom. The highest BCUT2D eigenvalue weighted by Gasteiger charge is 2.29. The molecule has 4 heteroatoms. The first-order valence-corrected chi connectivity index (χ1v) is 6.29. The molecule has 0 saturated heterocycles. The summed E-state index contributed by atoms with van der Waals surface area (Å²) in [6, 6.07) is 11.3. The lowest BCUT2D eigenvalue weighted by atomic mass is 10.1. The molecule has 1 saturated carbocycles. The average molecular weight is 254 g/mol. The van der Waals surface area contributed by atoms with Gasteiger partial charge in [-0.2, -0.15) is 5.10 Å². The summed E-state index contributed by atoms with van der Waals surface area (Å²) in [5, 5.41) is 15.8. The van der Waals surface area contributed by atoms with Crippen LogP contribution in [0.4, 0.5) is 0 Å². The molecule has 0 radical (unpaired) electrons. The van der Waals surface area contributed by atoms with Crippen LogP contribution < -0.4 is 5.43 Å². The first kappa shape index (κ1) is 11.7. The third kappa shape index (κ3) is 2.42. The molecule has 0 atom stereocenters. The summed E-state index contributed by atoms with van der Waals surface area (Å²) in [4.78, 5) is 11.4. The van der Waals surface area contributed by atoms with Gasteiger partial charge >= 0.3 is 0 Å². The van der Waals surface area contributed by atoms with Crippen molar-refractivity contribution in [2.45, 2.75) is 12.8 Å². The molecule has 1 aliphatic carbocycles. The van der Waals surface area contributed by atoms with Gasteiger partial charge in [0, 0.05) is 16.9 Å². The van der Waals surface area contributed by atoms with E-state index in [0.29, 0.717) is 5.56 Å². The van der Waals surface area contributed by atoms with Crippen LogP contribution in [-0.4, -0.2) is 17.2 Å². The van der Waals surface area contributed by atoms with E-state index >= 15 is 0 Å². The van der Waals surface area contributed by atoms with Crippen molar-refractivity contribution < 1.29 is 9.90 Å². The number of nitrogens with one attached hydrogen (secondary N) is 1. The third-order valence-electron chi connectivity index (χ3n) is 3.26. The minimum atomic E-state index is -0.0449. The Hall–Kier alpha value is -2.36. The summed E-state index contributed by atoms with van der Waals surface area (Å²) in [5.41, 5.74) is 3.08. The Morgan fingerprint density at radius 2 is 2.05 bits per heavy atom. The van der Waals surface area contributed by atoms with E-state index in [-0.39, 0.29) is 17.6 Å². The zero-order valence-electron chi connectivity index (χ0n) is 10.3.